The number of halogens is 4. The Labute approximate surface area is 184 Å². The standard InChI is InChI=1S/C20H28FNO3.C2HF3O2/c21-19-4-2-1-3-17(19)9-22-10-18-12-25-15-20(18,13-22)14-24-11-16-5-7-23-8-6-16;3-2(4,5)1(6)7/h1-4,16,18H,5-15H2;(H,6,7)/t18-,20-;/m1./s1. The molecular formula is C22H29F4NO5. The molecule has 180 valence electrons. The highest BCUT2D eigenvalue weighted by atomic mass is 19.4. The molecule has 3 saturated heterocycles. The van der Waals surface area contributed by atoms with Crippen molar-refractivity contribution in [2.75, 3.05) is 52.7 Å². The van der Waals surface area contributed by atoms with Gasteiger partial charge in [-0.05, 0) is 24.8 Å². The molecule has 0 aliphatic carbocycles. The van der Waals surface area contributed by atoms with Crippen LogP contribution in [0.1, 0.15) is 18.4 Å². The molecule has 0 aromatic heterocycles. The minimum atomic E-state index is -5.08. The van der Waals surface area contributed by atoms with E-state index < -0.39 is 12.1 Å². The number of hydrogen-bond donors (Lipinski definition) is 1. The quantitative estimate of drug-likeness (QED) is 0.653. The van der Waals surface area contributed by atoms with Gasteiger partial charge in [0, 0.05) is 56.4 Å². The number of alkyl halides is 3. The first-order chi connectivity index (χ1) is 15.2. The van der Waals surface area contributed by atoms with Crippen LogP contribution >= 0.6 is 0 Å². The van der Waals surface area contributed by atoms with Crippen LogP contribution in [0.5, 0.6) is 0 Å². The molecule has 1 aromatic carbocycles. The molecule has 0 saturated carbocycles. The number of carboxylic acids is 1. The summed E-state index contributed by atoms with van der Waals surface area (Å²) in [7, 11) is 0. The lowest BCUT2D eigenvalue weighted by Crippen LogP contribution is -2.36. The fourth-order valence-corrected chi connectivity index (χ4v) is 4.48. The van der Waals surface area contributed by atoms with Crippen LogP contribution < -0.4 is 0 Å². The molecule has 32 heavy (non-hydrogen) atoms. The molecule has 3 heterocycles. The third-order valence-electron chi connectivity index (χ3n) is 6.27. The SMILES string of the molecule is Fc1ccccc1CN1C[C@@H]2COC[C@]2(COCC2CCOCC2)C1.O=C(O)C(F)(F)F. The fourth-order valence-electron chi connectivity index (χ4n) is 4.48. The fraction of sp³-hybridized carbons (Fsp3) is 0.682. The van der Waals surface area contributed by atoms with Crippen molar-refractivity contribution in [2.45, 2.75) is 25.6 Å². The van der Waals surface area contributed by atoms with Crippen molar-refractivity contribution < 1.29 is 41.7 Å². The highest BCUT2D eigenvalue weighted by Crippen LogP contribution is 2.42. The van der Waals surface area contributed by atoms with Gasteiger partial charge >= 0.3 is 12.1 Å². The molecule has 1 N–H and O–H groups in total. The Hall–Kier alpha value is -1.75. The van der Waals surface area contributed by atoms with Gasteiger partial charge in [0.25, 0.3) is 0 Å². The second-order valence-corrected chi connectivity index (χ2v) is 8.71. The van der Waals surface area contributed by atoms with Gasteiger partial charge in [-0.15, -0.1) is 0 Å². The summed E-state index contributed by atoms with van der Waals surface area (Å²) in [6.45, 7) is 7.43. The number of benzene rings is 1. The minimum absolute atomic E-state index is 0.0798. The van der Waals surface area contributed by atoms with Crippen LogP contribution in [0.15, 0.2) is 24.3 Å². The van der Waals surface area contributed by atoms with E-state index in [0.717, 1.165) is 71.1 Å². The second-order valence-electron chi connectivity index (χ2n) is 8.71. The van der Waals surface area contributed by atoms with Crippen molar-refractivity contribution >= 4 is 5.97 Å². The summed E-state index contributed by atoms with van der Waals surface area (Å²) in [5, 5.41) is 7.12. The van der Waals surface area contributed by atoms with Gasteiger partial charge in [-0.25, -0.2) is 9.18 Å². The molecule has 3 aliphatic rings. The monoisotopic (exact) mass is 463 g/mol. The Balaban J connectivity index is 0.000000360. The Morgan fingerprint density at radius 2 is 1.91 bits per heavy atom. The molecule has 3 fully saturated rings. The highest BCUT2D eigenvalue weighted by Gasteiger charge is 2.50. The number of rotatable bonds is 6. The molecule has 0 bridgehead atoms. The van der Waals surface area contributed by atoms with Crippen LogP contribution in [-0.2, 0) is 25.5 Å². The molecule has 1 aromatic rings. The van der Waals surface area contributed by atoms with Gasteiger partial charge < -0.3 is 19.3 Å². The molecule has 2 atom stereocenters. The van der Waals surface area contributed by atoms with E-state index in [4.69, 9.17) is 24.1 Å². The number of carbonyl (C=O) groups is 1. The number of carboxylic acid groups (broad SMARTS) is 1. The Bertz CT molecular complexity index is 756. The van der Waals surface area contributed by atoms with Crippen molar-refractivity contribution in [3.63, 3.8) is 0 Å². The van der Waals surface area contributed by atoms with Crippen molar-refractivity contribution in [1.82, 2.24) is 4.90 Å². The third-order valence-corrected chi connectivity index (χ3v) is 6.27. The highest BCUT2D eigenvalue weighted by molar-refractivity contribution is 5.73. The maximum Gasteiger partial charge on any atom is 0.490 e. The van der Waals surface area contributed by atoms with Crippen molar-refractivity contribution in [3.8, 4) is 0 Å². The van der Waals surface area contributed by atoms with E-state index in [0.29, 0.717) is 18.4 Å². The Morgan fingerprint density at radius 1 is 1.22 bits per heavy atom. The van der Waals surface area contributed by atoms with Gasteiger partial charge in [0.05, 0.1) is 19.8 Å². The van der Waals surface area contributed by atoms with Crippen molar-refractivity contribution in [2.24, 2.45) is 17.3 Å². The second kappa shape index (κ2) is 10.9. The lowest BCUT2D eigenvalue weighted by Gasteiger charge is -2.29. The van der Waals surface area contributed by atoms with Crippen LogP contribution in [0.4, 0.5) is 17.6 Å². The van der Waals surface area contributed by atoms with Crippen LogP contribution in [0.2, 0.25) is 0 Å². The smallest absolute Gasteiger partial charge is 0.475 e. The van der Waals surface area contributed by atoms with E-state index in [-0.39, 0.29) is 11.2 Å². The van der Waals surface area contributed by atoms with Gasteiger partial charge in [0.1, 0.15) is 5.82 Å². The summed E-state index contributed by atoms with van der Waals surface area (Å²) in [4.78, 5) is 11.3. The molecule has 6 nitrogen and oxygen atoms in total. The van der Waals surface area contributed by atoms with E-state index in [2.05, 4.69) is 4.90 Å². The predicted octanol–water partition coefficient (Wildman–Crippen LogP) is 3.35. The lowest BCUT2D eigenvalue weighted by molar-refractivity contribution is -0.192. The summed E-state index contributed by atoms with van der Waals surface area (Å²) >= 11 is 0. The lowest BCUT2D eigenvalue weighted by atomic mass is 9.82. The van der Waals surface area contributed by atoms with E-state index in [9.17, 15) is 17.6 Å². The molecule has 10 heteroatoms. The first-order valence-corrected chi connectivity index (χ1v) is 10.7. The minimum Gasteiger partial charge on any atom is -0.475 e. The van der Waals surface area contributed by atoms with Gasteiger partial charge in [0.2, 0.25) is 0 Å². The van der Waals surface area contributed by atoms with Gasteiger partial charge in [0.15, 0.2) is 0 Å². The molecule has 0 unspecified atom stereocenters. The number of hydrogen-bond acceptors (Lipinski definition) is 5. The van der Waals surface area contributed by atoms with E-state index in [1.54, 1.807) is 12.1 Å². The van der Waals surface area contributed by atoms with Crippen LogP contribution in [0.25, 0.3) is 0 Å². The zero-order valence-electron chi connectivity index (χ0n) is 17.8. The maximum absolute atomic E-state index is 14.0. The zero-order chi connectivity index (χ0) is 23.2. The summed E-state index contributed by atoms with van der Waals surface area (Å²) in [6.07, 6.45) is -2.88. The predicted molar refractivity (Wildman–Crippen MR) is 106 cm³/mol. The van der Waals surface area contributed by atoms with E-state index in [1.165, 1.54) is 0 Å². The molecule has 3 aliphatic heterocycles. The molecule has 0 amide bonds. The summed E-state index contributed by atoms with van der Waals surface area (Å²) in [6, 6.07) is 7.08. The number of fused-ring (bicyclic) bond motifs is 1. The third kappa shape index (κ3) is 6.63. The average molecular weight is 463 g/mol. The number of likely N-dealkylation sites (tertiary alicyclic amines) is 1. The first-order valence-electron chi connectivity index (χ1n) is 10.7. The normalized spacial score (nSPS) is 26.4. The van der Waals surface area contributed by atoms with Crippen LogP contribution in [-0.4, -0.2) is 74.9 Å². The zero-order valence-corrected chi connectivity index (χ0v) is 17.8. The summed E-state index contributed by atoms with van der Waals surface area (Å²) in [5.74, 6) is -1.75. The molecular weight excluding hydrogens is 434 g/mol. The van der Waals surface area contributed by atoms with E-state index >= 15 is 0 Å². The summed E-state index contributed by atoms with van der Waals surface area (Å²) < 4.78 is 63.0. The average Bonchev–Trinajstić information content (AvgIpc) is 3.27. The van der Waals surface area contributed by atoms with Gasteiger partial charge in [-0.2, -0.15) is 13.2 Å². The number of aliphatic carboxylic acids is 1. The molecule has 4 rings (SSSR count). The molecule has 0 spiro atoms. The Morgan fingerprint density at radius 3 is 2.56 bits per heavy atom. The van der Waals surface area contributed by atoms with Crippen molar-refractivity contribution in [3.05, 3.63) is 35.6 Å². The number of nitrogens with zero attached hydrogens (tertiary/aromatic N) is 1. The van der Waals surface area contributed by atoms with Crippen LogP contribution in [0.3, 0.4) is 0 Å². The van der Waals surface area contributed by atoms with Crippen LogP contribution in [0, 0.1) is 23.1 Å². The van der Waals surface area contributed by atoms with Gasteiger partial charge in [-0.1, -0.05) is 18.2 Å². The van der Waals surface area contributed by atoms with Crippen molar-refractivity contribution in [1.29, 1.82) is 0 Å². The number of ether oxygens (including phenoxy) is 3. The largest absolute Gasteiger partial charge is 0.490 e. The van der Waals surface area contributed by atoms with E-state index in [1.807, 2.05) is 12.1 Å². The first kappa shape index (κ1) is 24.9. The topological polar surface area (TPSA) is 68.2 Å². The summed E-state index contributed by atoms with van der Waals surface area (Å²) in [5.41, 5.74) is 0.859. The Kier molecular flexibility index (Phi) is 8.49. The van der Waals surface area contributed by atoms with Gasteiger partial charge in [-0.3, -0.25) is 4.90 Å². The maximum atomic E-state index is 14.0. The molecule has 0 radical (unpaired) electrons.